The molecule has 0 fully saturated rings. The van der Waals surface area contributed by atoms with Crippen molar-refractivity contribution in [1.82, 2.24) is 0 Å². The van der Waals surface area contributed by atoms with E-state index in [2.05, 4.69) is 25.4 Å². The van der Waals surface area contributed by atoms with Gasteiger partial charge >= 0.3 is 22.1 Å². The van der Waals surface area contributed by atoms with Gasteiger partial charge in [0, 0.05) is 5.02 Å². The summed E-state index contributed by atoms with van der Waals surface area (Å²) < 4.78 is 45.5. The fourth-order valence-electron chi connectivity index (χ4n) is 2.36. The van der Waals surface area contributed by atoms with Crippen molar-refractivity contribution >= 4 is 55.7 Å². The molecule has 11 heteroatoms. The lowest BCUT2D eigenvalue weighted by Crippen LogP contribution is -2.15. The van der Waals surface area contributed by atoms with Gasteiger partial charge in [0.25, 0.3) is 0 Å². The first-order chi connectivity index (χ1) is 14.6. The average molecular weight is 534 g/mol. The third-order valence-electron chi connectivity index (χ3n) is 3.75. The van der Waals surface area contributed by atoms with Crippen LogP contribution in [0.5, 0.6) is 11.5 Å². The first-order valence-corrected chi connectivity index (χ1v) is 11.3. The van der Waals surface area contributed by atoms with Crippen LogP contribution in [0.15, 0.2) is 51.3 Å². The van der Waals surface area contributed by atoms with Crippen LogP contribution in [0.25, 0.3) is 6.08 Å². The molecule has 0 aromatic heterocycles. The van der Waals surface area contributed by atoms with Gasteiger partial charge in [0.2, 0.25) is 0 Å². The second-order valence-electron chi connectivity index (χ2n) is 5.80. The van der Waals surface area contributed by atoms with E-state index >= 15 is 0 Å². The Balaban J connectivity index is 2.53. The molecule has 8 nitrogen and oxygen atoms in total. The van der Waals surface area contributed by atoms with Crippen LogP contribution in [0.2, 0.25) is 5.02 Å². The Hall–Kier alpha value is -2.56. The van der Waals surface area contributed by atoms with Crippen molar-refractivity contribution in [3.8, 4) is 11.5 Å². The summed E-state index contributed by atoms with van der Waals surface area (Å²) in [7, 11) is -1.95. The van der Waals surface area contributed by atoms with Crippen molar-refractivity contribution in [3.63, 3.8) is 0 Å². The molecule has 2 aromatic carbocycles. The molecule has 2 rings (SSSR count). The van der Waals surface area contributed by atoms with Gasteiger partial charge < -0.3 is 18.4 Å². The number of methoxy groups -OCH3 is 2. The van der Waals surface area contributed by atoms with Crippen LogP contribution in [0.4, 0.5) is 0 Å². The van der Waals surface area contributed by atoms with Gasteiger partial charge in [0.15, 0.2) is 11.5 Å². The summed E-state index contributed by atoms with van der Waals surface area (Å²) in [5, 5.41) is 0.373. The highest BCUT2D eigenvalue weighted by Gasteiger charge is 2.24. The van der Waals surface area contributed by atoms with Crippen LogP contribution >= 0.6 is 27.5 Å². The lowest BCUT2D eigenvalue weighted by atomic mass is 10.1. The monoisotopic (exact) mass is 532 g/mol. The summed E-state index contributed by atoms with van der Waals surface area (Å²) in [5.74, 6) is -1.83. The molecule has 0 saturated heterocycles. The van der Waals surface area contributed by atoms with Crippen LogP contribution in [0.1, 0.15) is 12.5 Å². The third-order valence-corrected chi connectivity index (χ3v) is 5.83. The van der Waals surface area contributed by atoms with Crippen molar-refractivity contribution in [2.45, 2.75) is 11.8 Å². The predicted molar refractivity (Wildman–Crippen MR) is 117 cm³/mol. The van der Waals surface area contributed by atoms with Gasteiger partial charge in [0.1, 0.15) is 10.5 Å². The number of benzene rings is 2. The number of hydrogen-bond acceptors (Lipinski definition) is 8. The molecular weight excluding hydrogens is 516 g/mol. The molecule has 0 spiro atoms. The second-order valence-corrected chi connectivity index (χ2v) is 8.63. The SMILES string of the molecule is CCOc1cc(C=C(C(=O)OC)C(=O)OC)cc(Br)c1OS(=O)(=O)c1ccc(Cl)cc1. The molecule has 0 N–H and O–H groups in total. The number of carbonyl (C=O) groups excluding carboxylic acids is 2. The Morgan fingerprint density at radius 2 is 1.65 bits per heavy atom. The topological polar surface area (TPSA) is 105 Å². The van der Waals surface area contributed by atoms with E-state index in [0.29, 0.717) is 10.6 Å². The Morgan fingerprint density at radius 1 is 1.06 bits per heavy atom. The normalized spacial score (nSPS) is 10.7. The first-order valence-electron chi connectivity index (χ1n) is 8.67. The Labute approximate surface area is 193 Å². The largest absolute Gasteiger partial charge is 0.490 e. The molecule has 2 aromatic rings. The highest BCUT2D eigenvalue weighted by atomic mass is 79.9. The maximum atomic E-state index is 12.7. The fourth-order valence-corrected chi connectivity index (χ4v) is 4.09. The predicted octanol–water partition coefficient (Wildman–Crippen LogP) is 4.00. The van der Waals surface area contributed by atoms with Gasteiger partial charge in [0.05, 0.1) is 25.3 Å². The van der Waals surface area contributed by atoms with E-state index in [-0.39, 0.29) is 33.0 Å². The zero-order valence-corrected chi connectivity index (χ0v) is 19.8. The number of ether oxygens (including phenoxy) is 3. The van der Waals surface area contributed by atoms with E-state index in [0.717, 1.165) is 14.2 Å². The molecule has 0 unspecified atom stereocenters. The van der Waals surface area contributed by atoms with Crippen molar-refractivity contribution in [1.29, 1.82) is 0 Å². The molecule has 0 heterocycles. The molecular formula is C20H18BrClO8S. The minimum absolute atomic E-state index is 0.0646. The number of esters is 2. The van der Waals surface area contributed by atoms with Gasteiger partial charge in [-0.2, -0.15) is 8.42 Å². The maximum Gasteiger partial charge on any atom is 0.345 e. The van der Waals surface area contributed by atoms with Crippen molar-refractivity contribution in [2.24, 2.45) is 0 Å². The van der Waals surface area contributed by atoms with Gasteiger partial charge in [-0.25, -0.2) is 9.59 Å². The summed E-state index contributed by atoms with van der Waals surface area (Å²) in [5.41, 5.74) is -0.0285. The van der Waals surface area contributed by atoms with Crippen LogP contribution < -0.4 is 8.92 Å². The summed E-state index contributed by atoms with van der Waals surface area (Å²) in [6, 6.07) is 8.31. The lowest BCUT2D eigenvalue weighted by Gasteiger charge is -2.15. The summed E-state index contributed by atoms with van der Waals surface area (Å²) in [4.78, 5) is 23.7. The fraction of sp³-hybridized carbons (Fsp3) is 0.200. The van der Waals surface area contributed by atoms with Gasteiger partial charge in [-0.1, -0.05) is 11.6 Å². The molecule has 166 valence electrons. The second kappa shape index (κ2) is 10.7. The minimum atomic E-state index is -4.20. The quantitative estimate of drug-likeness (QED) is 0.165. The third kappa shape index (κ3) is 6.22. The Kier molecular flexibility index (Phi) is 8.49. The van der Waals surface area contributed by atoms with E-state index in [1.165, 1.54) is 42.5 Å². The van der Waals surface area contributed by atoms with Crippen LogP contribution in [-0.2, 0) is 29.2 Å². The standard InChI is InChI=1S/C20H18BrClO8S/c1-4-29-17-11-12(9-15(19(23)27-2)20(24)28-3)10-16(21)18(17)30-31(25,26)14-7-5-13(22)6-8-14/h5-11H,4H2,1-3H3. The zero-order valence-electron chi connectivity index (χ0n) is 16.7. The minimum Gasteiger partial charge on any atom is -0.490 e. The van der Waals surface area contributed by atoms with Gasteiger partial charge in [-0.05, 0) is 70.9 Å². The molecule has 0 aliphatic carbocycles. The highest BCUT2D eigenvalue weighted by Crippen LogP contribution is 2.39. The van der Waals surface area contributed by atoms with Crippen molar-refractivity contribution < 1.29 is 36.4 Å². The smallest absolute Gasteiger partial charge is 0.345 e. The Morgan fingerprint density at radius 3 is 2.16 bits per heavy atom. The van der Waals surface area contributed by atoms with Gasteiger partial charge in [-0.3, -0.25) is 0 Å². The van der Waals surface area contributed by atoms with Crippen LogP contribution in [-0.4, -0.2) is 41.2 Å². The van der Waals surface area contributed by atoms with Crippen LogP contribution in [0.3, 0.4) is 0 Å². The molecule has 0 radical (unpaired) electrons. The van der Waals surface area contributed by atoms with E-state index in [9.17, 15) is 18.0 Å². The van der Waals surface area contributed by atoms with E-state index in [4.69, 9.17) is 20.5 Å². The molecule has 0 saturated carbocycles. The van der Waals surface area contributed by atoms with E-state index in [1.54, 1.807) is 6.92 Å². The van der Waals surface area contributed by atoms with Crippen LogP contribution in [0, 0.1) is 0 Å². The number of hydrogen-bond donors (Lipinski definition) is 0. The number of rotatable bonds is 8. The molecule has 0 aliphatic rings. The number of carbonyl (C=O) groups is 2. The molecule has 0 amide bonds. The first kappa shape index (κ1) is 24.7. The molecule has 0 bridgehead atoms. The van der Waals surface area contributed by atoms with E-state index in [1.807, 2.05) is 0 Å². The van der Waals surface area contributed by atoms with Crippen molar-refractivity contribution in [2.75, 3.05) is 20.8 Å². The highest BCUT2D eigenvalue weighted by molar-refractivity contribution is 9.10. The zero-order chi connectivity index (χ0) is 23.2. The number of halogens is 2. The summed E-state index contributed by atoms with van der Waals surface area (Å²) in [6.45, 7) is 1.89. The molecule has 31 heavy (non-hydrogen) atoms. The summed E-state index contributed by atoms with van der Waals surface area (Å²) in [6.07, 6.45) is 1.22. The maximum absolute atomic E-state index is 12.7. The Bertz CT molecular complexity index is 1090. The molecule has 0 aliphatic heterocycles. The molecule has 0 atom stereocenters. The lowest BCUT2D eigenvalue weighted by molar-refractivity contribution is -0.143. The van der Waals surface area contributed by atoms with E-state index < -0.39 is 22.1 Å². The average Bonchev–Trinajstić information content (AvgIpc) is 2.73. The van der Waals surface area contributed by atoms with Gasteiger partial charge in [-0.15, -0.1) is 0 Å². The van der Waals surface area contributed by atoms with Crippen molar-refractivity contribution in [3.05, 3.63) is 57.0 Å². The summed E-state index contributed by atoms with van der Waals surface area (Å²) >= 11 is 9.05.